The van der Waals surface area contributed by atoms with Crippen LogP contribution in [0.5, 0.6) is 0 Å². The van der Waals surface area contributed by atoms with Gasteiger partial charge in [-0.2, -0.15) is 4.31 Å². The first-order valence-corrected chi connectivity index (χ1v) is 8.37. The number of rotatable bonds is 4. The molecule has 1 heterocycles. The lowest BCUT2D eigenvalue weighted by atomic mass is 10.2. The molecule has 1 saturated heterocycles. The average molecular weight is 298 g/mol. The Labute approximate surface area is 121 Å². The fraction of sp³-hybridized carbons (Fsp3) is 0.571. The molecule has 0 saturated carbocycles. The second kappa shape index (κ2) is 6.11. The number of anilines is 1. The standard InChI is InChI=1S/C14H22N2O3S/c1-4-15-13-7-5-6-8-14(13)20(17,18)16-9-12(3)19-10-11(16)2/h5-8,11-12,15H,4,9-10H2,1-3H3. The van der Waals surface area contributed by atoms with E-state index in [9.17, 15) is 8.42 Å². The van der Waals surface area contributed by atoms with Gasteiger partial charge in [0.15, 0.2) is 0 Å². The maximum atomic E-state index is 12.9. The SMILES string of the molecule is CCNc1ccccc1S(=O)(=O)N1CC(C)OCC1C. The lowest BCUT2D eigenvalue weighted by Crippen LogP contribution is -2.50. The maximum absolute atomic E-state index is 12.9. The molecule has 2 atom stereocenters. The van der Waals surface area contributed by atoms with Gasteiger partial charge in [-0.3, -0.25) is 0 Å². The van der Waals surface area contributed by atoms with Crippen LogP contribution < -0.4 is 5.32 Å². The zero-order valence-corrected chi connectivity index (χ0v) is 13.0. The highest BCUT2D eigenvalue weighted by atomic mass is 32.2. The second-order valence-electron chi connectivity index (χ2n) is 5.09. The fourth-order valence-corrected chi connectivity index (χ4v) is 4.22. The highest BCUT2D eigenvalue weighted by molar-refractivity contribution is 7.89. The van der Waals surface area contributed by atoms with Crippen molar-refractivity contribution in [3.05, 3.63) is 24.3 Å². The van der Waals surface area contributed by atoms with E-state index in [2.05, 4.69) is 5.32 Å². The van der Waals surface area contributed by atoms with Gasteiger partial charge in [0.1, 0.15) is 4.90 Å². The third kappa shape index (κ3) is 2.97. The number of ether oxygens (including phenoxy) is 1. The summed E-state index contributed by atoms with van der Waals surface area (Å²) in [7, 11) is -3.51. The molecule has 1 fully saturated rings. The van der Waals surface area contributed by atoms with Crippen molar-refractivity contribution in [2.24, 2.45) is 0 Å². The van der Waals surface area contributed by atoms with E-state index in [1.54, 1.807) is 18.2 Å². The van der Waals surface area contributed by atoms with Gasteiger partial charge in [0.2, 0.25) is 10.0 Å². The molecule has 112 valence electrons. The smallest absolute Gasteiger partial charge is 0.245 e. The van der Waals surface area contributed by atoms with E-state index in [4.69, 9.17) is 4.74 Å². The van der Waals surface area contributed by atoms with E-state index in [0.717, 1.165) is 0 Å². The van der Waals surface area contributed by atoms with Crippen LogP contribution in [0.25, 0.3) is 0 Å². The Hall–Kier alpha value is -1.11. The van der Waals surface area contributed by atoms with Crippen LogP contribution in [-0.4, -0.2) is 44.6 Å². The number of nitrogens with one attached hydrogen (secondary N) is 1. The Morgan fingerprint density at radius 1 is 1.35 bits per heavy atom. The van der Waals surface area contributed by atoms with Crippen LogP contribution in [-0.2, 0) is 14.8 Å². The summed E-state index contributed by atoms with van der Waals surface area (Å²) in [6.07, 6.45) is -0.0766. The summed E-state index contributed by atoms with van der Waals surface area (Å²) in [5.74, 6) is 0. The summed E-state index contributed by atoms with van der Waals surface area (Å²) in [4.78, 5) is 0.336. The molecular formula is C14H22N2O3S. The number of hydrogen-bond donors (Lipinski definition) is 1. The maximum Gasteiger partial charge on any atom is 0.245 e. The molecule has 0 radical (unpaired) electrons. The summed E-state index contributed by atoms with van der Waals surface area (Å²) >= 11 is 0. The highest BCUT2D eigenvalue weighted by Crippen LogP contribution is 2.27. The van der Waals surface area contributed by atoms with E-state index >= 15 is 0 Å². The van der Waals surface area contributed by atoms with Crippen molar-refractivity contribution in [2.45, 2.75) is 37.8 Å². The predicted molar refractivity (Wildman–Crippen MR) is 79.4 cm³/mol. The third-order valence-corrected chi connectivity index (χ3v) is 5.43. The molecule has 2 unspecified atom stereocenters. The molecule has 0 spiro atoms. The fourth-order valence-electron chi connectivity index (χ4n) is 2.36. The van der Waals surface area contributed by atoms with Crippen molar-refractivity contribution in [1.82, 2.24) is 4.31 Å². The number of benzene rings is 1. The lowest BCUT2D eigenvalue weighted by molar-refractivity contribution is -0.0170. The normalized spacial score (nSPS) is 24.6. The van der Waals surface area contributed by atoms with E-state index in [1.807, 2.05) is 26.8 Å². The largest absolute Gasteiger partial charge is 0.384 e. The van der Waals surface area contributed by atoms with Gasteiger partial charge in [-0.15, -0.1) is 0 Å². The van der Waals surface area contributed by atoms with Crippen LogP contribution in [0.1, 0.15) is 20.8 Å². The van der Waals surface area contributed by atoms with Crippen LogP contribution >= 0.6 is 0 Å². The Balaban J connectivity index is 2.39. The third-order valence-electron chi connectivity index (χ3n) is 3.39. The topological polar surface area (TPSA) is 58.6 Å². The summed E-state index contributed by atoms with van der Waals surface area (Å²) < 4.78 is 32.8. The Morgan fingerprint density at radius 2 is 2.05 bits per heavy atom. The molecule has 5 nitrogen and oxygen atoms in total. The molecular weight excluding hydrogens is 276 g/mol. The van der Waals surface area contributed by atoms with Crippen LogP contribution in [0.4, 0.5) is 5.69 Å². The first kappa shape index (κ1) is 15.3. The van der Waals surface area contributed by atoms with E-state index in [1.165, 1.54) is 4.31 Å². The summed E-state index contributed by atoms with van der Waals surface area (Å²) in [5, 5.41) is 3.11. The molecule has 0 aromatic heterocycles. The van der Waals surface area contributed by atoms with Gasteiger partial charge < -0.3 is 10.1 Å². The van der Waals surface area contributed by atoms with Crippen molar-refractivity contribution in [2.75, 3.05) is 25.0 Å². The minimum atomic E-state index is -3.51. The molecule has 2 rings (SSSR count). The predicted octanol–water partition coefficient (Wildman–Crippen LogP) is 1.92. The highest BCUT2D eigenvalue weighted by Gasteiger charge is 2.35. The van der Waals surface area contributed by atoms with E-state index < -0.39 is 10.0 Å². The number of hydrogen-bond acceptors (Lipinski definition) is 4. The number of para-hydroxylation sites is 1. The number of morpholine rings is 1. The van der Waals surface area contributed by atoms with Crippen molar-refractivity contribution < 1.29 is 13.2 Å². The van der Waals surface area contributed by atoms with Gasteiger partial charge in [-0.1, -0.05) is 12.1 Å². The minimum Gasteiger partial charge on any atom is -0.384 e. The quantitative estimate of drug-likeness (QED) is 0.922. The van der Waals surface area contributed by atoms with Gasteiger partial charge in [0.05, 0.1) is 18.4 Å². The molecule has 0 amide bonds. The summed E-state index contributed by atoms with van der Waals surface area (Å²) in [6.45, 7) is 7.22. The molecule has 1 N–H and O–H groups in total. The van der Waals surface area contributed by atoms with Crippen LogP contribution in [0.15, 0.2) is 29.2 Å². The van der Waals surface area contributed by atoms with E-state index in [-0.39, 0.29) is 12.1 Å². The van der Waals surface area contributed by atoms with Gasteiger partial charge in [-0.05, 0) is 32.9 Å². The summed E-state index contributed by atoms with van der Waals surface area (Å²) in [6, 6.07) is 6.89. The van der Waals surface area contributed by atoms with E-state index in [0.29, 0.717) is 30.3 Å². The van der Waals surface area contributed by atoms with Gasteiger partial charge in [-0.25, -0.2) is 8.42 Å². The molecule has 1 aliphatic rings. The monoisotopic (exact) mass is 298 g/mol. The van der Waals surface area contributed by atoms with Gasteiger partial charge in [0, 0.05) is 19.1 Å². The number of sulfonamides is 1. The Kier molecular flexibility index (Phi) is 4.67. The molecule has 1 aliphatic heterocycles. The Morgan fingerprint density at radius 3 is 2.75 bits per heavy atom. The zero-order valence-electron chi connectivity index (χ0n) is 12.2. The zero-order chi connectivity index (χ0) is 14.8. The lowest BCUT2D eigenvalue weighted by Gasteiger charge is -2.36. The molecule has 1 aromatic carbocycles. The summed E-state index contributed by atoms with van der Waals surface area (Å²) in [5.41, 5.74) is 0.654. The van der Waals surface area contributed by atoms with Crippen molar-refractivity contribution in [1.29, 1.82) is 0 Å². The van der Waals surface area contributed by atoms with Crippen LogP contribution in [0.2, 0.25) is 0 Å². The first-order chi connectivity index (χ1) is 9.46. The molecule has 6 heteroatoms. The average Bonchev–Trinajstić information content (AvgIpc) is 2.42. The van der Waals surface area contributed by atoms with Gasteiger partial charge in [0.25, 0.3) is 0 Å². The number of nitrogens with zero attached hydrogens (tertiary/aromatic N) is 1. The molecule has 1 aromatic rings. The Bertz CT molecular complexity index is 559. The first-order valence-electron chi connectivity index (χ1n) is 6.93. The molecule has 20 heavy (non-hydrogen) atoms. The molecule has 0 bridgehead atoms. The minimum absolute atomic E-state index is 0.0766. The second-order valence-corrected chi connectivity index (χ2v) is 6.95. The molecule has 0 aliphatic carbocycles. The van der Waals surface area contributed by atoms with Crippen LogP contribution in [0.3, 0.4) is 0 Å². The van der Waals surface area contributed by atoms with Crippen molar-refractivity contribution in [3.63, 3.8) is 0 Å². The van der Waals surface area contributed by atoms with Crippen molar-refractivity contribution >= 4 is 15.7 Å². The van der Waals surface area contributed by atoms with Gasteiger partial charge >= 0.3 is 0 Å². The van der Waals surface area contributed by atoms with Crippen LogP contribution in [0, 0.1) is 0 Å². The van der Waals surface area contributed by atoms with Crippen molar-refractivity contribution in [3.8, 4) is 0 Å².